The van der Waals surface area contributed by atoms with E-state index in [-0.39, 0.29) is 24.5 Å². The summed E-state index contributed by atoms with van der Waals surface area (Å²) in [5, 5.41) is 0. The number of hydrogen-bond donors (Lipinski definition) is 0. The van der Waals surface area contributed by atoms with E-state index in [0.717, 1.165) is 37.5 Å². The van der Waals surface area contributed by atoms with E-state index in [1.165, 1.54) is 0 Å². The lowest BCUT2D eigenvalue weighted by molar-refractivity contribution is -0.163. The van der Waals surface area contributed by atoms with Crippen molar-refractivity contribution in [2.75, 3.05) is 13.1 Å². The molecule has 0 spiro atoms. The number of carbonyl (C=O) groups is 4. The highest BCUT2D eigenvalue weighted by molar-refractivity contribution is 5.83. The minimum absolute atomic E-state index is 0.114. The first-order valence-electron chi connectivity index (χ1n) is 14.7. The summed E-state index contributed by atoms with van der Waals surface area (Å²) in [5.74, 6) is -0.574. The van der Waals surface area contributed by atoms with Crippen molar-refractivity contribution in [1.82, 2.24) is 4.90 Å². The molecule has 8 heteroatoms. The summed E-state index contributed by atoms with van der Waals surface area (Å²) >= 11 is 0. The van der Waals surface area contributed by atoms with Crippen molar-refractivity contribution in [2.45, 2.75) is 124 Å². The first kappa shape index (κ1) is 34.5. The minimum atomic E-state index is -0.510. The lowest BCUT2D eigenvalue weighted by Crippen LogP contribution is -2.37. The molecule has 2 aliphatic rings. The van der Waals surface area contributed by atoms with Crippen molar-refractivity contribution in [1.29, 1.82) is 0 Å². The molecule has 0 bridgehead atoms. The molecule has 2 fully saturated rings. The van der Waals surface area contributed by atoms with E-state index < -0.39 is 27.6 Å². The fraction of sp³-hybridized carbons (Fsp3) is 0.697. The van der Waals surface area contributed by atoms with Crippen molar-refractivity contribution in [3.63, 3.8) is 0 Å². The standard InChI is InChI=1S/C23H35NO4.C10H16O3/c1-21(2,3)27-19(25)17-24(16-18-10-8-7-9-11-18)15-14-23(12-13-23)20(26)28-22(4,5)6;1-9(2,3)13-8(12)10(4-5-10)6-7-11/h7-11H,12-17H2,1-6H3;7H,4-6H2,1-3H3. The molecular weight excluding hydrogens is 522 g/mol. The van der Waals surface area contributed by atoms with Crippen LogP contribution in [0.4, 0.5) is 0 Å². The van der Waals surface area contributed by atoms with Crippen LogP contribution in [-0.4, -0.2) is 59.0 Å². The Balaban J connectivity index is 0.000000377. The largest absolute Gasteiger partial charge is 0.460 e. The summed E-state index contributed by atoms with van der Waals surface area (Å²) in [6.45, 7) is 18.3. The van der Waals surface area contributed by atoms with Gasteiger partial charge in [0.1, 0.15) is 23.1 Å². The van der Waals surface area contributed by atoms with Crippen molar-refractivity contribution < 1.29 is 33.4 Å². The molecule has 0 radical (unpaired) electrons. The van der Waals surface area contributed by atoms with E-state index in [0.29, 0.717) is 25.9 Å². The van der Waals surface area contributed by atoms with Crippen LogP contribution in [0.3, 0.4) is 0 Å². The van der Waals surface area contributed by atoms with E-state index in [9.17, 15) is 19.2 Å². The van der Waals surface area contributed by atoms with Gasteiger partial charge in [-0.05, 0) is 100.0 Å². The molecule has 0 unspecified atom stereocenters. The normalized spacial score (nSPS) is 17.0. The number of esters is 3. The maximum Gasteiger partial charge on any atom is 0.320 e. The van der Waals surface area contributed by atoms with Gasteiger partial charge >= 0.3 is 17.9 Å². The monoisotopic (exact) mass is 573 g/mol. The molecule has 8 nitrogen and oxygen atoms in total. The highest BCUT2D eigenvalue weighted by atomic mass is 16.6. The smallest absolute Gasteiger partial charge is 0.320 e. The van der Waals surface area contributed by atoms with Crippen LogP contribution in [0.5, 0.6) is 0 Å². The fourth-order valence-electron chi connectivity index (χ4n) is 4.27. The van der Waals surface area contributed by atoms with E-state index in [4.69, 9.17) is 14.2 Å². The molecule has 1 aromatic carbocycles. The number of rotatable bonds is 11. The number of aldehydes is 1. The van der Waals surface area contributed by atoms with Crippen LogP contribution in [0.2, 0.25) is 0 Å². The number of nitrogens with zero attached hydrogens (tertiary/aromatic N) is 1. The first-order valence-corrected chi connectivity index (χ1v) is 14.7. The lowest BCUT2D eigenvalue weighted by atomic mass is 10.0. The van der Waals surface area contributed by atoms with Gasteiger partial charge in [0.05, 0.1) is 17.4 Å². The molecule has 0 amide bonds. The average Bonchev–Trinajstić information content (AvgIpc) is 3.72. The van der Waals surface area contributed by atoms with E-state index >= 15 is 0 Å². The second-order valence-electron chi connectivity index (χ2n) is 14.5. The van der Waals surface area contributed by atoms with Gasteiger partial charge in [-0.15, -0.1) is 0 Å². The third-order valence-electron chi connectivity index (χ3n) is 6.77. The lowest BCUT2D eigenvalue weighted by Gasteiger charge is -2.27. The van der Waals surface area contributed by atoms with Gasteiger partial charge in [0.25, 0.3) is 0 Å². The highest BCUT2D eigenvalue weighted by Gasteiger charge is 2.52. The van der Waals surface area contributed by atoms with Gasteiger partial charge in [0, 0.05) is 19.5 Å². The molecule has 230 valence electrons. The molecule has 0 N–H and O–H groups in total. The van der Waals surface area contributed by atoms with Crippen molar-refractivity contribution in [3.05, 3.63) is 35.9 Å². The molecule has 3 rings (SSSR count). The molecule has 2 saturated carbocycles. The fourth-order valence-corrected chi connectivity index (χ4v) is 4.27. The second kappa shape index (κ2) is 13.5. The van der Waals surface area contributed by atoms with Crippen LogP contribution in [0.1, 0.15) is 106 Å². The van der Waals surface area contributed by atoms with Crippen LogP contribution in [0.15, 0.2) is 30.3 Å². The molecule has 0 aromatic heterocycles. The highest BCUT2D eigenvalue weighted by Crippen LogP contribution is 2.51. The molecular formula is C33H51NO7. The Hall–Kier alpha value is -2.74. The molecule has 1 aromatic rings. The Labute approximate surface area is 246 Å². The summed E-state index contributed by atoms with van der Waals surface area (Å²) in [5.41, 5.74) is -1.16. The summed E-state index contributed by atoms with van der Waals surface area (Å²) in [4.78, 5) is 48.9. The average molecular weight is 574 g/mol. The maximum atomic E-state index is 12.6. The topological polar surface area (TPSA) is 99.2 Å². The van der Waals surface area contributed by atoms with Gasteiger partial charge in [-0.3, -0.25) is 19.3 Å². The summed E-state index contributed by atoms with van der Waals surface area (Å²) in [7, 11) is 0. The molecule has 0 heterocycles. The first-order chi connectivity index (χ1) is 18.8. The van der Waals surface area contributed by atoms with Crippen molar-refractivity contribution in [2.24, 2.45) is 10.8 Å². The quantitative estimate of drug-likeness (QED) is 0.180. The molecule has 0 atom stereocenters. The van der Waals surface area contributed by atoms with E-state index in [1.54, 1.807) is 0 Å². The van der Waals surface area contributed by atoms with Crippen molar-refractivity contribution in [3.8, 4) is 0 Å². The van der Waals surface area contributed by atoms with Crippen LogP contribution < -0.4 is 0 Å². The Bertz CT molecular complexity index is 1040. The zero-order valence-corrected chi connectivity index (χ0v) is 26.6. The van der Waals surface area contributed by atoms with Gasteiger partial charge < -0.3 is 19.0 Å². The number of benzene rings is 1. The Kier molecular flexibility index (Phi) is 11.3. The van der Waals surface area contributed by atoms with Crippen LogP contribution in [0, 0.1) is 10.8 Å². The third kappa shape index (κ3) is 12.8. The van der Waals surface area contributed by atoms with Gasteiger partial charge in [0.2, 0.25) is 0 Å². The SMILES string of the molecule is CC(C)(C)OC(=O)C1(CC=O)CC1.CC(C)(C)OC(=O)CN(CCC1(C(=O)OC(C)(C)C)CC1)Cc1ccccc1. The Morgan fingerprint density at radius 2 is 1.22 bits per heavy atom. The maximum absolute atomic E-state index is 12.6. The molecule has 41 heavy (non-hydrogen) atoms. The van der Waals surface area contributed by atoms with Gasteiger partial charge in [-0.25, -0.2) is 0 Å². The van der Waals surface area contributed by atoms with Crippen LogP contribution in [-0.2, 0) is 39.9 Å². The minimum Gasteiger partial charge on any atom is -0.460 e. The van der Waals surface area contributed by atoms with Gasteiger partial charge in [-0.1, -0.05) is 30.3 Å². The Morgan fingerprint density at radius 3 is 1.63 bits per heavy atom. The molecule has 0 aliphatic heterocycles. The number of carbonyl (C=O) groups excluding carboxylic acids is 4. The van der Waals surface area contributed by atoms with Crippen LogP contribution in [0.25, 0.3) is 0 Å². The Morgan fingerprint density at radius 1 is 0.756 bits per heavy atom. The number of hydrogen-bond acceptors (Lipinski definition) is 8. The zero-order valence-electron chi connectivity index (χ0n) is 26.6. The van der Waals surface area contributed by atoms with E-state index in [2.05, 4.69) is 4.90 Å². The second-order valence-corrected chi connectivity index (χ2v) is 14.5. The summed E-state index contributed by atoms with van der Waals surface area (Å²) in [6.07, 6.45) is 5.10. The third-order valence-corrected chi connectivity index (χ3v) is 6.77. The van der Waals surface area contributed by atoms with Gasteiger partial charge in [0.15, 0.2) is 0 Å². The van der Waals surface area contributed by atoms with E-state index in [1.807, 2.05) is 92.6 Å². The predicted molar refractivity (Wildman–Crippen MR) is 158 cm³/mol. The number of ether oxygens (including phenoxy) is 3. The molecule has 2 aliphatic carbocycles. The molecule has 0 saturated heterocycles. The van der Waals surface area contributed by atoms with Crippen molar-refractivity contribution >= 4 is 24.2 Å². The van der Waals surface area contributed by atoms with Gasteiger partial charge in [-0.2, -0.15) is 0 Å². The predicted octanol–water partition coefficient (Wildman–Crippen LogP) is 6.04. The summed E-state index contributed by atoms with van der Waals surface area (Å²) < 4.78 is 16.3. The zero-order chi connectivity index (χ0) is 31.1. The summed E-state index contributed by atoms with van der Waals surface area (Å²) in [6, 6.07) is 10.0. The van der Waals surface area contributed by atoms with Crippen LogP contribution >= 0.6 is 0 Å².